The summed E-state index contributed by atoms with van der Waals surface area (Å²) in [6.45, 7) is 12.1. The molecule has 63 heteroatoms. The second kappa shape index (κ2) is 53.7. The van der Waals surface area contributed by atoms with Gasteiger partial charge < -0.3 is 71.9 Å². The second-order valence-electron chi connectivity index (χ2n) is 26.8. The molecule has 0 radical (unpaired) electrons. The van der Waals surface area contributed by atoms with Crippen molar-refractivity contribution in [3.63, 3.8) is 0 Å². The minimum atomic E-state index is -0.704. The number of halogens is 2. The van der Waals surface area contributed by atoms with Gasteiger partial charge in [0.1, 0.15) is 45.6 Å². The van der Waals surface area contributed by atoms with Gasteiger partial charge in [0.25, 0.3) is 22.7 Å². The van der Waals surface area contributed by atoms with Crippen LogP contribution in [-0.4, -0.2) is 177 Å². The van der Waals surface area contributed by atoms with E-state index in [0.717, 1.165) is 74.0 Å². The molecule has 0 spiro atoms. The van der Waals surface area contributed by atoms with Crippen molar-refractivity contribution in [2.45, 2.75) is 55.4 Å². The Bertz CT molecular complexity index is 6540. The Kier molecular flexibility index (Phi) is 43.8. The normalized spacial score (nSPS) is 10.5. The number of rotatable bonds is 20. The van der Waals surface area contributed by atoms with E-state index in [0.29, 0.717) is 45.5 Å². The molecule has 0 saturated carbocycles. The molecule has 8 aromatic carbocycles. The van der Waals surface area contributed by atoms with E-state index in [1.54, 1.807) is 77.9 Å². The van der Waals surface area contributed by atoms with Gasteiger partial charge in [0, 0.05) is 124 Å². The topological polar surface area (TPSA) is 858 Å². The number of aryl methyl sites for hydroxylation is 6. The van der Waals surface area contributed by atoms with E-state index in [1.165, 1.54) is 35.3 Å². The van der Waals surface area contributed by atoms with Crippen LogP contribution < -0.4 is 10.6 Å². The van der Waals surface area contributed by atoms with Gasteiger partial charge >= 0.3 is 0 Å². The molecule has 14 aromatic rings. The summed E-state index contributed by atoms with van der Waals surface area (Å²) in [5.74, 6) is -4.32. The first kappa shape index (κ1) is 115. The number of nitrogens with zero attached hydrogens (tertiary/aromatic N) is 26. The molecule has 0 aliphatic rings. The summed E-state index contributed by atoms with van der Waals surface area (Å²) < 4.78 is 2.79. The van der Waals surface area contributed by atoms with Crippen LogP contribution in [0.3, 0.4) is 0 Å². The molecule has 18 N–H and O–H groups in total. The summed E-state index contributed by atoms with van der Waals surface area (Å²) in [6, 6.07) is 39.7. The number of aromatic nitrogens is 12. The summed E-state index contributed by atoms with van der Waals surface area (Å²) in [5.41, 5.74) is 2.67. The molecular formula is C78H74Cl2Cr3N32O26. The number of phenolic OH excluding ortho intramolecular Hbond substituents is 6. The molecule has 14 rings (SSSR count). The van der Waals surface area contributed by atoms with Crippen LogP contribution in [0.5, 0.6) is 69.8 Å². The summed E-state index contributed by atoms with van der Waals surface area (Å²) in [6.07, 6.45) is 0. The number of benzene rings is 8. The molecular weight excluding hydrogens is 2030 g/mol. The van der Waals surface area contributed by atoms with Gasteiger partial charge in [-0.3, -0.25) is 70.3 Å². The number of azo groups is 6. The first-order chi connectivity index (χ1) is 65.2. The molecule has 0 aliphatic carbocycles. The predicted molar refractivity (Wildman–Crippen MR) is 485 cm³/mol. The van der Waals surface area contributed by atoms with Crippen molar-refractivity contribution in [2.75, 3.05) is 24.7 Å². The summed E-state index contributed by atoms with van der Waals surface area (Å²) in [4.78, 5) is 79.3. The minimum Gasteiger partial charge on any atom is -0.506 e. The fraction of sp³-hybridized carbons (Fsp3) is 0.128. The number of carbonyl (C=O) groups is 2. The molecule has 2 amide bonds. The van der Waals surface area contributed by atoms with E-state index in [1.807, 2.05) is 60.7 Å². The fourth-order valence-electron chi connectivity index (χ4n) is 10.2. The van der Waals surface area contributed by atoms with Gasteiger partial charge in [-0.1, -0.05) is 83.9 Å². The third-order valence-electron chi connectivity index (χ3n) is 16.6. The van der Waals surface area contributed by atoms with E-state index < -0.39 is 75.7 Å². The van der Waals surface area contributed by atoms with Crippen molar-refractivity contribution in [1.82, 2.24) is 60.4 Å². The molecule has 0 saturated heterocycles. The molecule has 6 heterocycles. The quantitative estimate of drug-likeness (QED) is 0.0146. The van der Waals surface area contributed by atoms with Crippen molar-refractivity contribution >= 4 is 137 Å². The number of anilines is 2. The second-order valence-corrected chi connectivity index (χ2v) is 27.6. The predicted octanol–water partition coefficient (Wildman–Crippen LogP) is 18.8. The van der Waals surface area contributed by atoms with Crippen LogP contribution in [0.25, 0.3) is 11.4 Å². The first-order valence-electron chi connectivity index (χ1n) is 38.0. The van der Waals surface area contributed by atoms with Crippen molar-refractivity contribution in [3.05, 3.63) is 263 Å². The van der Waals surface area contributed by atoms with E-state index in [-0.39, 0.29) is 189 Å². The molecule has 141 heavy (non-hydrogen) atoms. The third kappa shape index (κ3) is 33.1. The maximum atomic E-state index is 11.1. The van der Waals surface area contributed by atoms with Gasteiger partial charge in [0.2, 0.25) is 47.1 Å². The average molecular weight is 2100 g/mol. The Morgan fingerprint density at radius 1 is 0.326 bits per heavy atom. The number of carbonyl (C=O) groups excluding carboxylic acids is 2. The van der Waals surface area contributed by atoms with Crippen LogP contribution in [-0.2, 0) is 61.7 Å². The fourth-order valence-corrected chi connectivity index (χ4v) is 10.7. The van der Waals surface area contributed by atoms with Gasteiger partial charge in [-0.25, -0.2) is 20.4 Å². The Morgan fingerprint density at radius 2 is 0.553 bits per heavy atom. The molecule has 58 nitrogen and oxygen atoms in total. The van der Waals surface area contributed by atoms with Gasteiger partial charge in [-0.05, 0) is 90.1 Å². The monoisotopic (exact) mass is 2100 g/mol. The van der Waals surface area contributed by atoms with Crippen molar-refractivity contribution < 1.29 is 152 Å². The molecule has 0 atom stereocenters. The number of para-hydroxylation sites is 4. The van der Waals surface area contributed by atoms with Crippen molar-refractivity contribution in [1.29, 1.82) is 0 Å². The number of phenols is 6. The molecule has 0 unspecified atom stereocenters. The van der Waals surface area contributed by atoms with Crippen molar-refractivity contribution in [3.8, 4) is 81.2 Å². The van der Waals surface area contributed by atoms with Crippen LogP contribution in [0, 0.1) is 102 Å². The van der Waals surface area contributed by atoms with Gasteiger partial charge in [-0.2, -0.15) is 40.0 Å². The van der Waals surface area contributed by atoms with Crippen LogP contribution in [0.1, 0.15) is 48.0 Å². The number of nitro groups is 6. The number of non-ortho nitro benzene ring substituents is 4. The Morgan fingerprint density at radius 3 is 0.787 bits per heavy atom. The molecule has 0 fully saturated rings. The van der Waals surface area contributed by atoms with E-state index in [4.69, 9.17) is 43.4 Å². The Labute approximate surface area is 830 Å². The standard InChI is InChI=1S/2C16H14N4O2.2C12H12N6O5.2C10H8ClN5O4.2CH3NO2.3Cr/c2*1-11-15(18-17-13-9-5-6-10-14(13)21)16(22)20(19-11)12-7-3-2-4-8-12;2*1-5-10(12(21)17-14-5)16-15-9-4-7(18(22)23)3-8(11(9)20)13-6(2)19;2*1-4-8(10(18)15-12-4)14-13-7-3-5(16(19)20)2-6(11)9(7)17;2*1-2(3)4;;;/h2*2-10,21-22H,1H3;2*3-4,20H,1-2H3,(H,13,19)(H2,14,17,21);2*2-3,17H,1H3,(H2,12,15,18);2*1H3;;;. The van der Waals surface area contributed by atoms with Gasteiger partial charge in [0.05, 0.1) is 86.7 Å². The SMILES string of the molecule is CC(=O)Nc1cc([N+](=O)[O-])cc(N=Nc2c(C)n[nH]c2O)c1O.CC(=O)Nc1cc([N+](=O)[O-])cc(N=Nc2c(C)n[nH]c2O)c1O.C[N+](=O)[O-].C[N+](=O)[O-].Cc1n[nH]c(O)c1N=Nc1cc([N+](=O)[O-])cc(Cl)c1O.Cc1n[nH]c(O)c1N=Nc1cc([N+](=O)[O-])cc(Cl)c1O.Cc1nn(-c2ccccc2)c(O)c1N=Nc1ccccc1O.Cc1nn(-c2ccccc2)c(O)c1N=Nc1ccccc1O.[Cr].[Cr].[Cr]. The number of amides is 2. The summed E-state index contributed by atoms with van der Waals surface area (Å²) in [5, 5.41) is 260. The Balaban J connectivity index is 0.000000346. The van der Waals surface area contributed by atoms with Crippen LogP contribution >= 0.6 is 23.2 Å². The zero-order chi connectivity index (χ0) is 102. The molecule has 6 aromatic heterocycles. The third-order valence-corrected chi connectivity index (χ3v) is 17.2. The van der Waals surface area contributed by atoms with E-state index in [9.17, 15) is 111 Å². The number of nitrogens with one attached hydrogen (secondary N) is 6. The van der Waals surface area contributed by atoms with Crippen LogP contribution in [0.2, 0.25) is 10.0 Å². The Hall–Kier alpha value is -18.3. The number of H-pyrrole nitrogens is 4. The average Bonchev–Trinajstić information content (AvgIpc) is 1.47. The zero-order valence-corrected chi connectivity index (χ0v) is 79.0. The minimum absolute atomic E-state index is 0. The van der Waals surface area contributed by atoms with Crippen molar-refractivity contribution in [2.24, 2.45) is 61.4 Å². The number of aromatic amines is 4. The summed E-state index contributed by atoms with van der Waals surface area (Å²) >= 11 is 11.3. The van der Waals surface area contributed by atoms with E-state index in [2.05, 4.69) is 123 Å². The van der Waals surface area contributed by atoms with Gasteiger partial charge in [-0.15, -0.1) is 61.4 Å². The number of nitro benzene ring substituents is 4. The number of aromatic hydroxyl groups is 12. The maximum Gasteiger partial charge on any atom is 0.274 e. The van der Waals surface area contributed by atoms with Crippen LogP contribution in [0.15, 0.2) is 219 Å². The van der Waals surface area contributed by atoms with E-state index >= 15 is 0 Å². The molecule has 0 bridgehead atoms. The largest absolute Gasteiger partial charge is 0.506 e. The smallest absolute Gasteiger partial charge is 0.274 e. The number of hydrogen-bond donors (Lipinski definition) is 18. The van der Waals surface area contributed by atoms with Crippen LogP contribution in [0.4, 0.5) is 102 Å². The zero-order valence-electron chi connectivity index (χ0n) is 73.7. The summed E-state index contributed by atoms with van der Waals surface area (Å²) in [7, 11) is 1.78. The first-order valence-corrected chi connectivity index (χ1v) is 38.7. The number of hydrogen-bond acceptors (Lipinski definition) is 44. The van der Waals surface area contributed by atoms with Gasteiger partial charge in [0.15, 0.2) is 71.2 Å². The molecule has 734 valence electrons. The molecule has 0 aliphatic heterocycles. The maximum absolute atomic E-state index is 11.1.